The van der Waals surface area contributed by atoms with E-state index in [9.17, 15) is 9.18 Å². The highest BCUT2D eigenvalue weighted by Crippen LogP contribution is 2.34. The van der Waals surface area contributed by atoms with E-state index >= 15 is 0 Å². The zero-order chi connectivity index (χ0) is 21.8. The lowest BCUT2D eigenvalue weighted by molar-refractivity contribution is 0.0952. The Balaban J connectivity index is 1.79. The summed E-state index contributed by atoms with van der Waals surface area (Å²) in [5.74, 6) is 0.422. The van der Waals surface area contributed by atoms with Crippen molar-refractivity contribution in [2.45, 2.75) is 6.54 Å². The topological polar surface area (TPSA) is 73.3 Å². The van der Waals surface area contributed by atoms with Crippen LogP contribution in [0.25, 0.3) is 22.2 Å². The van der Waals surface area contributed by atoms with Gasteiger partial charge in [-0.15, -0.1) is 0 Å². The van der Waals surface area contributed by atoms with Crippen molar-refractivity contribution in [3.63, 3.8) is 0 Å². The van der Waals surface area contributed by atoms with Crippen LogP contribution in [0.1, 0.15) is 15.9 Å². The number of nitrogens with one attached hydrogen (secondary N) is 1. The quantitative estimate of drug-likeness (QED) is 0.504. The van der Waals surface area contributed by atoms with Crippen LogP contribution in [0.5, 0.6) is 11.5 Å². The van der Waals surface area contributed by atoms with Gasteiger partial charge in [0, 0.05) is 36.0 Å². The molecule has 2 aromatic carbocycles. The number of hydrogen-bond acceptors (Lipinski definition) is 5. The SMILES string of the molecule is COc1ccc(-c2cc(C(=O)NCc3ccncc3)c3cc(F)ccc3n2)c(OC)c1. The number of carbonyl (C=O) groups is 1. The fourth-order valence-electron chi connectivity index (χ4n) is 3.31. The summed E-state index contributed by atoms with van der Waals surface area (Å²) in [6, 6.07) is 14.8. The molecule has 31 heavy (non-hydrogen) atoms. The highest BCUT2D eigenvalue weighted by molar-refractivity contribution is 6.07. The summed E-state index contributed by atoms with van der Waals surface area (Å²) >= 11 is 0. The molecule has 1 N–H and O–H groups in total. The van der Waals surface area contributed by atoms with Gasteiger partial charge in [-0.2, -0.15) is 0 Å². The Kier molecular flexibility index (Phi) is 5.75. The third-order valence-corrected chi connectivity index (χ3v) is 4.90. The van der Waals surface area contributed by atoms with Gasteiger partial charge in [0.05, 0.1) is 31.0 Å². The summed E-state index contributed by atoms with van der Waals surface area (Å²) in [7, 11) is 3.12. The summed E-state index contributed by atoms with van der Waals surface area (Å²) in [6.45, 7) is 0.321. The molecule has 6 nitrogen and oxygen atoms in total. The summed E-state index contributed by atoms with van der Waals surface area (Å²) < 4.78 is 24.7. The standard InChI is InChI=1S/C24H20FN3O3/c1-30-17-4-5-18(23(12-17)31-2)22-13-20(19-11-16(25)3-6-21(19)28-22)24(29)27-14-15-7-9-26-10-8-15/h3-13H,14H2,1-2H3,(H,27,29). The predicted octanol–water partition coefficient (Wildman–Crippen LogP) is 4.38. The molecule has 2 heterocycles. The molecule has 1 amide bonds. The third-order valence-electron chi connectivity index (χ3n) is 4.90. The average Bonchev–Trinajstić information content (AvgIpc) is 2.82. The second kappa shape index (κ2) is 8.79. The fraction of sp³-hybridized carbons (Fsp3) is 0.125. The second-order valence-electron chi connectivity index (χ2n) is 6.82. The molecule has 2 aromatic heterocycles. The van der Waals surface area contributed by atoms with Crippen LogP contribution in [0.2, 0.25) is 0 Å². The van der Waals surface area contributed by atoms with Gasteiger partial charge in [-0.1, -0.05) is 0 Å². The highest BCUT2D eigenvalue weighted by Gasteiger charge is 2.17. The highest BCUT2D eigenvalue weighted by atomic mass is 19.1. The number of amides is 1. The molecule has 0 unspecified atom stereocenters. The van der Waals surface area contributed by atoms with E-state index in [0.717, 1.165) is 5.56 Å². The van der Waals surface area contributed by atoms with Crippen molar-refractivity contribution in [1.82, 2.24) is 15.3 Å². The number of aromatic nitrogens is 2. The van der Waals surface area contributed by atoms with Crippen LogP contribution in [0.3, 0.4) is 0 Å². The van der Waals surface area contributed by atoms with Gasteiger partial charge < -0.3 is 14.8 Å². The minimum atomic E-state index is -0.438. The number of carbonyl (C=O) groups excluding carboxylic acids is 1. The zero-order valence-corrected chi connectivity index (χ0v) is 17.1. The lowest BCUT2D eigenvalue weighted by Crippen LogP contribution is -2.23. The van der Waals surface area contributed by atoms with Crippen LogP contribution in [0.15, 0.2) is 67.0 Å². The molecule has 0 aliphatic heterocycles. The molecule has 0 spiro atoms. The normalized spacial score (nSPS) is 10.7. The summed E-state index contributed by atoms with van der Waals surface area (Å²) in [5, 5.41) is 3.32. The first-order chi connectivity index (χ1) is 15.1. The Morgan fingerprint density at radius 3 is 2.55 bits per heavy atom. The Morgan fingerprint density at radius 1 is 1.00 bits per heavy atom. The molecule has 7 heteroatoms. The first-order valence-electron chi connectivity index (χ1n) is 9.59. The van der Waals surface area contributed by atoms with Gasteiger partial charge in [-0.25, -0.2) is 9.37 Å². The lowest BCUT2D eigenvalue weighted by atomic mass is 10.0. The van der Waals surface area contributed by atoms with E-state index in [4.69, 9.17) is 9.47 Å². The molecule has 0 bridgehead atoms. The fourth-order valence-corrected chi connectivity index (χ4v) is 3.31. The first kappa shape index (κ1) is 20.3. The number of rotatable bonds is 6. The minimum Gasteiger partial charge on any atom is -0.497 e. The van der Waals surface area contributed by atoms with Gasteiger partial charge in [0.1, 0.15) is 17.3 Å². The second-order valence-corrected chi connectivity index (χ2v) is 6.82. The summed E-state index contributed by atoms with van der Waals surface area (Å²) in [6.07, 6.45) is 3.32. The van der Waals surface area contributed by atoms with Crippen LogP contribution in [-0.2, 0) is 6.54 Å². The monoisotopic (exact) mass is 417 g/mol. The molecule has 4 rings (SSSR count). The Labute approximate surface area is 178 Å². The van der Waals surface area contributed by atoms with E-state index in [-0.39, 0.29) is 5.91 Å². The van der Waals surface area contributed by atoms with Crippen molar-refractivity contribution in [1.29, 1.82) is 0 Å². The van der Waals surface area contributed by atoms with Crippen molar-refractivity contribution in [2.75, 3.05) is 14.2 Å². The molecule has 156 valence electrons. The number of fused-ring (bicyclic) bond motifs is 1. The number of nitrogens with zero attached hydrogens (tertiary/aromatic N) is 2. The Bertz CT molecular complexity index is 1250. The zero-order valence-electron chi connectivity index (χ0n) is 17.1. The third kappa shape index (κ3) is 4.30. The molecular formula is C24H20FN3O3. The van der Waals surface area contributed by atoms with E-state index in [2.05, 4.69) is 15.3 Å². The molecular weight excluding hydrogens is 397 g/mol. The molecule has 4 aromatic rings. The molecule has 0 atom stereocenters. The molecule has 0 saturated heterocycles. The number of benzene rings is 2. The molecule has 0 aliphatic rings. The van der Waals surface area contributed by atoms with Crippen molar-refractivity contribution in [3.05, 3.63) is 83.9 Å². The van der Waals surface area contributed by atoms with Crippen LogP contribution < -0.4 is 14.8 Å². The van der Waals surface area contributed by atoms with Gasteiger partial charge in [0.2, 0.25) is 0 Å². The van der Waals surface area contributed by atoms with Gasteiger partial charge in [0.25, 0.3) is 5.91 Å². The van der Waals surface area contributed by atoms with Gasteiger partial charge in [0.15, 0.2) is 0 Å². The maximum Gasteiger partial charge on any atom is 0.252 e. The molecule has 0 fully saturated rings. The van der Waals surface area contributed by atoms with Crippen LogP contribution in [0.4, 0.5) is 4.39 Å². The summed E-state index contributed by atoms with van der Waals surface area (Å²) in [4.78, 5) is 21.7. The van der Waals surface area contributed by atoms with Crippen molar-refractivity contribution >= 4 is 16.8 Å². The van der Waals surface area contributed by atoms with Crippen molar-refractivity contribution < 1.29 is 18.7 Å². The number of pyridine rings is 2. The summed E-state index contributed by atoms with van der Waals surface area (Å²) in [5.41, 5.74) is 2.97. The van der Waals surface area contributed by atoms with Crippen LogP contribution in [0, 0.1) is 5.82 Å². The number of ether oxygens (including phenoxy) is 2. The Hall–Kier alpha value is -4.00. The van der Waals surface area contributed by atoms with Crippen LogP contribution >= 0.6 is 0 Å². The van der Waals surface area contributed by atoms with Gasteiger partial charge in [-0.3, -0.25) is 9.78 Å². The molecule has 0 saturated carbocycles. The predicted molar refractivity (Wildman–Crippen MR) is 116 cm³/mol. The van der Waals surface area contributed by atoms with Crippen molar-refractivity contribution in [3.8, 4) is 22.8 Å². The Morgan fingerprint density at radius 2 is 1.81 bits per heavy atom. The van der Waals surface area contributed by atoms with E-state index in [1.807, 2.05) is 18.2 Å². The average molecular weight is 417 g/mol. The van der Waals surface area contributed by atoms with E-state index < -0.39 is 5.82 Å². The number of hydrogen-bond donors (Lipinski definition) is 1. The van der Waals surface area contributed by atoms with E-state index in [1.54, 1.807) is 50.9 Å². The van der Waals surface area contributed by atoms with Gasteiger partial charge >= 0.3 is 0 Å². The first-order valence-corrected chi connectivity index (χ1v) is 9.59. The smallest absolute Gasteiger partial charge is 0.252 e. The van der Waals surface area contributed by atoms with E-state index in [0.29, 0.717) is 45.8 Å². The number of halogens is 1. The van der Waals surface area contributed by atoms with E-state index in [1.165, 1.54) is 12.1 Å². The molecule has 0 aliphatic carbocycles. The van der Waals surface area contributed by atoms with Crippen molar-refractivity contribution in [2.24, 2.45) is 0 Å². The van der Waals surface area contributed by atoms with Crippen LogP contribution in [-0.4, -0.2) is 30.1 Å². The van der Waals surface area contributed by atoms with Gasteiger partial charge in [-0.05, 0) is 54.1 Å². The maximum atomic E-state index is 14.0. The minimum absolute atomic E-state index is 0.321. The number of methoxy groups -OCH3 is 2. The lowest BCUT2D eigenvalue weighted by Gasteiger charge is -2.13. The maximum absolute atomic E-state index is 14.0. The molecule has 0 radical (unpaired) electrons. The largest absolute Gasteiger partial charge is 0.497 e.